The standard InChI is InChI=1S/C17H23N5O2S/c1-17(2)5-4-13-14(17)19-15(25-13)20-16(23)22-6-7-24-12(10-22)11-8-18-21(3)9-11/h8-9,12H,4-7,10H2,1-3H3,(H,19,20,23). The van der Waals surface area contributed by atoms with Gasteiger partial charge in [-0.2, -0.15) is 5.10 Å². The van der Waals surface area contributed by atoms with Gasteiger partial charge in [0.05, 0.1) is 25.0 Å². The number of hydrogen-bond donors (Lipinski definition) is 1. The van der Waals surface area contributed by atoms with Gasteiger partial charge in [-0.15, -0.1) is 11.3 Å². The van der Waals surface area contributed by atoms with Crippen LogP contribution in [-0.4, -0.2) is 45.4 Å². The first-order chi connectivity index (χ1) is 11.9. The molecule has 1 unspecified atom stereocenters. The summed E-state index contributed by atoms with van der Waals surface area (Å²) in [6, 6.07) is -0.109. The molecule has 7 nitrogen and oxygen atoms in total. The number of thiazole rings is 1. The number of nitrogens with zero attached hydrogens (tertiary/aromatic N) is 4. The number of aromatic nitrogens is 3. The molecule has 1 aliphatic carbocycles. The Morgan fingerprint density at radius 3 is 3.04 bits per heavy atom. The fraction of sp³-hybridized carbons (Fsp3) is 0.588. The van der Waals surface area contributed by atoms with Gasteiger partial charge in [-0.25, -0.2) is 9.78 Å². The van der Waals surface area contributed by atoms with Crippen LogP contribution in [0, 0.1) is 0 Å². The van der Waals surface area contributed by atoms with Crippen LogP contribution in [0.3, 0.4) is 0 Å². The molecule has 0 spiro atoms. The van der Waals surface area contributed by atoms with Gasteiger partial charge in [-0.1, -0.05) is 13.8 Å². The summed E-state index contributed by atoms with van der Waals surface area (Å²) in [5.74, 6) is 0. The molecule has 0 saturated carbocycles. The molecule has 25 heavy (non-hydrogen) atoms. The van der Waals surface area contributed by atoms with Crippen molar-refractivity contribution in [2.45, 2.75) is 38.2 Å². The van der Waals surface area contributed by atoms with E-state index in [1.54, 1.807) is 27.1 Å². The van der Waals surface area contributed by atoms with Crippen molar-refractivity contribution in [3.63, 3.8) is 0 Å². The molecule has 1 saturated heterocycles. The van der Waals surface area contributed by atoms with Crippen molar-refractivity contribution >= 4 is 22.5 Å². The summed E-state index contributed by atoms with van der Waals surface area (Å²) < 4.78 is 7.54. The molecular weight excluding hydrogens is 338 g/mol. The number of morpholine rings is 1. The van der Waals surface area contributed by atoms with Crippen LogP contribution in [0.1, 0.15) is 42.5 Å². The molecule has 0 bridgehead atoms. The Hall–Kier alpha value is -1.93. The third-order valence-electron chi connectivity index (χ3n) is 4.98. The van der Waals surface area contributed by atoms with E-state index in [1.807, 2.05) is 13.2 Å². The molecule has 2 aromatic heterocycles. The topological polar surface area (TPSA) is 72.3 Å². The van der Waals surface area contributed by atoms with Gasteiger partial charge in [-0.05, 0) is 12.8 Å². The number of urea groups is 1. The Morgan fingerprint density at radius 1 is 1.48 bits per heavy atom. The highest BCUT2D eigenvalue weighted by Gasteiger charge is 2.34. The number of carbonyl (C=O) groups is 1. The van der Waals surface area contributed by atoms with Crippen molar-refractivity contribution in [2.75, 3.05) is 25.0 Å². The van der Waals surface area contributed by atoms with Crippen LogP contribution in [0.4, 0.5) is 9.93 Å². The van der Waals surface area contributed by atoms with Crippen LogP contribution in [-0.2, 0) is 23.6 Å². The number of ether oxygens (including phenoxy) is 1. The third kappa shape index (κ3) is 3.16. The Balaban J connectivity index is 1.43. The van der Waals surface area contributed by atoms with Crippen molar-refractivity contribution < 1.29 is 9.53 Å². The highest BCUT2D eigenvalue weighted by atomic mass is 32.1. The molecule has 8 heteroatoms. The highest BCUT2D eigenvalue weighted by molar-refractivity contribution is 7.16. The second-order valence-electron chi connectivity index (χ2n) is 7.36. The van der Waals surface area contributed by atoms with Gasteiger partial charge in [0.1, 0.15) is 6.10 Å². The number of aryl methyl sites for hydroxylation is 2. The summed E-state index contributed by atoms with van der Waals surface area (Å²) in [6.07, 6.45) is 5.77. The first kappa shape index (κ1) is 16.5. The van der Waals surface area contributed by atoms with Crippen molar-refractivity contribution in [1.82, 2.24) is 19.7 Å². The van der Waals surface area contributed by atoms with Gasteiger partial charge in [0, 0.05) is 35.6 Å². The first-order valence-corrected chi connectivity index (χ1v) is 9.40. The second kappa shape index (κ2) is 6.10. The summed E-state index contributed by atoms with van der Waals surface area (Å²) in [5.41, 5.74) is 2.25. The molecular formula is C17H23N5O2S. The predicted octanol–water partition coefficient (Wildman–Crippen LogP) is 2.71. The smallest absolute Gasteiger partial charge is 0.323 e. The number of hydrogen-bond acceptors (Lipinski definition) is 5. The normalized spacial score (nSPS) is 22.0. The van der Waals surface area contributed by atoms with Crippen LogP contribution in [0.15, 0.2) is 12.4 Å². The average Bonchev–Trinajstić information content (AvgIpc) is 3.25. The van der Waals surface area contributed by atoms with Crippen molar-refractivity contribution in [3.8, 4) is 0 Å². The van der Waals surface area contributed by atoms with E-state index >= 15 is 0 Å². The minimum Gasteiger partial charge on any atom is -0.370 e. The minimum atomic E-state index is -0.131. The van der Waals surface area contributed by atoms with Gasteiger partial charge < -0.3 is 9.64 Å². The summed E-state index contributed by atoms with van der Waals surface area (Å²) in [6.45, 7) is 6.05. The molecule has 134 valence electrons. The van der Waals surface area contributed by atoms with E-state index in [0.29, 0.717) is 24.8 Å². The monoisotopic (exact) mass is 361 g/mol. The van der Waals surface area contributed by atoms with Gasteiger partial charge in [0.2, 0.25) is 0 Å². The zero-order chi connectivity index (χ0) is 17.6. The molecule has 0 radical (unpaired) electrons. The summed E-state index contributed by atoms with van der Waals surface area (Å²) in [5, 5.41) is 7.86. The summed E-state index contributed by atoms with van der Waals surface area (Å²) in [7, 11) is 1.87. The van der Waals surface area contributed by atoms with Crippen LogP contribution in [0.2, 0.25) is 0 Å². The fourth-order valence-corrected chi connectivity index (χ4v) is 4.59. The van der Waals surface area contributed by atoms with Crippen molar-refractivity contribution in [1.29, 1.82) is 0 Å². The zero-order valence-corrected chi connectivity index (χ0v) is 15.6. The molecule has 1 fully saturated rings. The van der Waals surface area contributed by atoms with E-state index in [0.717, 1.165) is 24.1 Å². The molecule has 1 N–H and O–H groups in total. The Bertz CT molecular complexity index is 797. The van der Waals surface area contributed by atoms with Crippen molar-refractivity contribution in [2.24, 2.45) is 7.05 Å². The lowest BCUT2D eigenvalue weighted by Crippen LogP contribution is -2.44. The van der Waals surface area contributed by atoms with Gasteiger partial charge >= 0.3 is 6.03 Å². The highest BCUT2D eigenvalue weighted by Crippen LogP contribution is 2.42. The zero-order valence-electron chi connectivity index (χ0n) is 14.8. The van der Waals surface area contributed by atoms with E-state index in [1.165, 1.54) is 4.88 Å². The number of amides is 2. The summed E-state index contributed by atoms with van der Waals surface area (Å²) in [4.78, 5) is 20.4. The number of fused-ring (bicyclic) bond motifs is 1. The van der Waals surface area contributed by atoms with Gasteiger partial charge in [0.25, 0.3) is 0 Å². The Kier molecular flexibility index (Phi) is 4.04. The molecule has 2 aromatic rings. The lowest BCUT2D eigenvalue weighted by atomic mass is 9.91. The number of rotatable bonds is 2. The van der Waals surface area contributed by atoms with Crippen LogP contribution < -0.4 is 5.32 Å². The molecule has 4 rings (SSSR count). The maximum atomic E-state index is 12.6. The van der Waals surface area contributed by atoms with E-state index in [2.05, 4.69) is 29.2 Å². The molecule has 0 aromatic carbocycles. The molecule has 1 aliphatic heterocycles. The quantitative estimate of drug-likeness (QED) is 0.893. The maximum absolute atomic E-state index is 12.6. The number of carbonyl (C=O) groups excluding carboxylic acids is 1. The lowest BCUT2D eigenvalue weighted by Gasteiger charge is -2.32. The number of nitrogens with one attached hydrogen (secondary N) is 1. The fourth-order valence-electron chi connectivity index (χ4n) is 3.46. The summed E-state index contributed by atoms with van der Waals surface area (Å²) >= 11 is 1.60. The Labute approximate surface area is 151 Å². The minimum absolute atomic E-state index is 0.109. The lowest BCUT2D eigenvalue weighted by molar-refractivity contribution is -0.0135. The first-order valence-electron chi connectivity index (χ1n) is 8.59. The van der Waals surface area contributed by atoms with Crippen LogP contribution in [0.25, 0.3) is 0 Å². The molecule has 1 atom stereocenters. The van der Waals surface area contributed by atoms with E-state index < -0.39 is 0 Å². The molecule has 2 aliphatic rings. The van der Waals surface area contributed by atoms with Crippen LogP contribution >= 0.6 is 11.3 Å². The van der Waals surface area contributed by atoms with E-state index in [9.17, 15) is 4.79 Å². The third-order valence-corrected chi connectivity index (χ3v) is 6.01. The van der Waals surface area contributed by atoms with Crippen LogP contribution in [0.5, 0.6) is 0 Å². The maximum Gasteiger partial charge on any atom is 0.323 e. The van der Waals surface area contributed by atoms with E-state index in [-0.39, 0.29) is 17.6 Å². The van der Waals surface area contributed by atoms with Gasteiger partial charge in [0.15, 0.2) is 5.13 Å². The second-order valence-corrected chi connectivity index (χ2v) is 8.44. The van der Waals surface area contributed by atoms with Gasteiger partial charge in [-0.3, -0.25) is 10.00 Å². The molecule has 2 amide bonds. The van der Waals surface area contributed by atoms with Crippen molar-refractivity contribution in [3.05, 3.63) is 28.5 Å². The van der Waals surface area contributed by atoms with E-state index in [4.69, 9.17) is 4.74 Å². The Morgan fingerprint density at radius 2 is 2.32 bits per heavy atom. The average molecular weight is 361 g/mol. The SMILES string of the molecule is Cn1cc(C2CN(C(=O)Nc3nc4c(s3)CCC4(C)C)CCO2)cn1. The molecule has 3 heterocycles. The largest absolute Gasteiger partial charge is 0.370 e. The number of anilines is 1. The predicted molar refractivity (Wildman–Crippen MR) is 96.0 cm³/mol.